The molecule has 27 heavy (non-hydrogen) atoms. The summed E-state index contributed by atoms with van der Waals surface area (Å²) in [5.41, 5.74) is 7.26. The third kappa shape index (κ3) is 6.49. The number of halogens is 1. The highest BCUT2D eigenvalue weighted by Gasteiger charge is 2.06. The molecule has 7 nitrogen and oxygen atoms in total. The number of amides is 1. The summed E-state index contributed by atoms with van der Waals surface area (Å²) in [5.74, 6) is 1.43. The zero-order valence-corrected chi connectivity index (χ0v) is 16.9. The van der Waals surface area contributed by atoms with Crippen LogP contribution in [0.2, 0.25) is 0 Å². The molecule has 0 saturated heterocycles. The van der Waals surface area contributed by atoms with Crippen molar-refractivity contribution < 1.29 is 14.3 Å². The summed E-state index contributed by atoms with van der Waals surface area (Å²) in [6.45, 7) is 1.01. The number of carbonyl (C=O) groups is 1. The van der Waals surface area contributed by atoms with Crippen molar-refractivity contribution in [3.63, 3.8) is 0 Å². The van der Waals surface area contributed by atoms with E-state index in [1.165, 1.54) is 0 Å². The van der Waals surface area contributed by atoms with Gasteiger partial charge in [-0.3, -0.25) is 9.79 Å². The Morgan fingerprint density at radius 1 is 1.11 bits per heavy atom. The number of nitrogens with two attached hydrogens (primary N) is 1. The molecule has 0 radical (unpaired) electrons. The van der Waals surface area contributed by atoms with Gasteiger partial charge in [0.2, 0.25) is 0 Å². The number of methoxy groups -OCH3 is 2. The molecular weight excluding hydrogens is 412 g/mol. The van der Waals surface area contributed by atoms with Gasteiger partial charge in [-0.25, -0.2) is 0 Å². The molecule has 0 aliphatic rings. The van der Waals surface area contributed by atoms with Crippen molar-refractivity contribution in [2.24, 2.45) is 10.7 Å². The highest BCUT2D eigenvalue weighted by molar-refractivity contribution is 9.10. The maximum atomic E-state index is 12.0. The van der Waals surface area contributed by atoms with E-state index in [0.717, 1.165) is 10.2 Å². The van der Waals surface area contributed by atoms with E-state index in [9.17, 15) is 4.79 Å². The van der Waals surface area contributed by atoms with Crippen LogP contribution in [0.4, 0.5) is 5.69 Å². The highest BCUT2D eigenvalue weighted by Crippen LogP contribution is 2.29. The maximum absolute atomic E-state index is 12.0. The molecule has 2 aromatic carbocycles. The molecule has 1 amide bonds. The molecule has 2 aromatic rings. The Balaban J connectivity index is 1.76. The van der Waals surface area contributed by atoms with Crippen molar-refractivity contribution >= 4 is 33.5 Å². The Bertz CT molecular complexity index is 794. The minimum Gasteiger partial charge on any atom is -0.493 e. The summed E-state index contributed by atoms with van der Waals surface area (Å²) in [4.78, 5) is 16.2. The van der Waals surface area contributed by atoms with Gasteiger partial charge in [-0.1, -0.05) is 15.9 Å². The molecule has 0 spiro atoms. The van der Waals surface area contributed by atoms with Crippen molar-refractivity contribution in [2.75, 3.05) is 32.6 Å². The zero-order chi connectivity index (χ0) is 19.6. The fraction of sp³-hybridized carbons (Fsp3) is 0.263. The number of nitrogens with one attached hydrogen (secondary N) is 2. The second-order valence-electron chi connectivity index (χ2n) is 5.58. The minimum atomic E-state index is -0.108. The average Bonchev–Trinajstić information content (AvgIpc) is 2.68. The van der Waals surface area contributed by atoms with Gasteiger partial charge in [0.25, 0.3) is 5.91 Å². The summed E-state index contributed by atoms with van der Waals surface area (Å²) in [5, 5.41) is 5.85. The van der Waals surface area contributed by atoms with Gasteiger partial charge >= 0.3 is 0 Å². The molecule has 8 heteroatoms. The Morgan fingerprint density at radius 2 is 1.81 bits per heavy atom. The normalized spacial score (nSPS) is 11.0. The van der Waals surface area contributed by atoms with E-state index in [2.05, 4.69) is 31.6 Å². The fourth-order valence-corrected chi connectivity index (χ4v) is 2.55. The quantitative estimate of drug-likeness (QED) is 0.337. The number of nitrogens with zero attached hydrogens (tertiary/aromatic N) is 1. The lowest BCUT2D eigenvalue weighted by Crippen LogP contribution is -2.26. The van der Waals surface area contributed by atoms with Crippen molar-refractivity contribution in [2.45, 2.75) is 6.42 Å². The van der Waals surface area contributed by atoms with Gasteiger partial charge in [-0.05, 0) is 42.8 Å². The maximum Gasteiger partial charge on any atom is 0.251 e. The number of aliphatic imine (C=N–C) groups is 1. The summed E-state index contributed by atoms with van der Waals surface area (Å²) >= 11 is 3.34. The fourth-order valence-electron chi connectivity index (χ4n) is 2.29. The summed E-state index contributed by atoms with van der Waals surface area (Å²) < 4.78 is 11.4. The van der Waals surface area contributed by atoms with E-state index in [1.54, 1.807) is 38.5 Å². The first-order chi connectivity index (χ1) is 13.0. The van der Waals surface area contributed by atoms with Gasteiger partial charge in [0.15, 0.2) is 17.5 Å². The van der Waals surface area contributed by atoms with E-state index in [-0.39, 0.29) is 5.91 Å². The molecule has 0 atom stereocenters. The van der Waals surface area contributed by atoms with E-state index in [0.29, 0.717) is 42.5 Å². The smallest absolute Gasteiger partial charge is 0.251 e. The number of ether oxygens (including phenoxy) is 2. The van der Waals surface area contributed by atoms with Gasteiger partial charge in [-0.2, -0.15) is 0 Å². The number of anilines is 1. The van der Waals surface area contributed by atoms with Crippen LogP contribution in [0.15, 0.2) is 51.9 Å². The topological polar surface area (TPSA) is 98.0 Å². The third-order valence-corrected chi connectivity index (χ3v) is 4.19. The lowest BCUT2D eigenvalue weighted by molar-refractivity contribution is 0.0953. The zero-order valence-electron chi connectivity index (χ0n) is 15.3. The van der Waals surface area contributed by atoms with Gasteiger partial charge < -0.3 is 25.8 Å². The van der Waals surface area contributed by atoms with Crippen molar-refractivity contribution in [1.29, 1.82) is 0 Å². The Labute approximate surface area is 167 Å². The molecule has 0 aliphatic heterocycles. The summed E-state index contributed by atoms with van der Waals surface area (Å²) in [6, 6.07) is 12.6. The SMILES string of the molecule is COc1ccc(NC(N)=NCCCNC(=O)c2ccc(Br)cc2)cc1OC. The van der Waals surface area contributed by atoms with E-state index in [4.69, 9.17) is 15.2 Å². The number of hydrogen-bond donors (Lipinski definition) is 3. The molecular formula is C19H23BrN4O3. The van der Waals surface area contributed by atoms with Gasteiger partial charge in [-0.15, -0.1) is 0 Å². The Kier molecular flexibility index (Phi) is 7.94. The molecule has 0 aromatic heterocycles. The largest absolute Gasteiger partial charge is 0.493 e. The first-order valence-corrected chi connectivity index (χ1v) is 9.15. The Morgan fingerprint density at radius 3 is 2.48 bits per heavy atom. The van der Waals surface area contributed by atoms with Crippen LogP contribution >= 0.6 is 15.9 Å². The number of carbonyl (C=O) groups excluding carboxylic acids is 1. The first kappa shape index (κ1) is 20.6. The van der Waals surface area contributed by atoms with Crippen LogP contribution in [0.3, 0.4) is 0 Å². The second-order valence-corrected chi connectivity index (χ2v) is 6.49. The third-order valence-electron chi connectivity index (χ3n) is 3.66. The first-order valence-electron chi connectivity index (χ1n) is 8.36. The lowest BCUT2D eigenvalue weighted by Gasteiger charge is -2.11. The average molecular weight is 435 g/mol. The van der Waals surface area contributed by atoms with Crippen LogP contribution in [-0.4, -0.2) is 39.2 Å². The van der Waals surface area contributed by atoms with Crippen LogP contribution in [0, 0.1) is 0 Å². The van der Waals surface area contributed by atoms with Gasteiger partial charge in [0.05, 0.1) is 14.2 Å². The number of guanidine groups is 1. The molecule has 0 saturated carbocycles. The monoisotopic (exact) mass is 434 g/mol. The van der Waals surface area contributed by atoms with Gasteiger partial charge in [0, 0.05) is 34.9 Å². The number of rotatable bonds is 8. The molecule has 144 valence electrons. The molecule has 0 aliphatic carbocycles. The predicted molar refractivity (Wildman–Crippen MR) is 111 cm³/mol. The number of hydrogen-bond acceptors (Lipinski definition) is 4. The van der Waals surface area contributed by atoms with E-state index >= 15 is 0 Å². The highest BCUT2D eigenvalue weighted by atomic mass is 79.9. The second kappa shape index (κ2) is 10.4. The van der Waals surface area contributed by atoms with Crippen LogP contribution in [0.5, 0.6) is 11.5 Å². The van der Waals surface area contributed by atoms with Crippen LogP contribution in [0.25, 0.3) is 0 Å². The van der Waals surface area contributed by atoms with Crippen LogP contribution < -0.4 is 25.8 Å². The standard InChI is InChI=1S/C19H23BrN4O3/c1-26-16-9-8-15(12-17(16)27-2)24-19(21)23-11-3-10-22-18(25)13-4-6-14(20)7-5-13/h4-9,12H,3,10-11H2,1-2H3,(H,22,25)(H3,21,23,24). The molecule has 0 heterocycles. The van der Waals surface area contributed by atoms with Crippen molar-refractivity contribution in [3.8, 4) is 11.5 Å². The molecule has 4 N–H and O–H groups in total. The van der Waals surface area contributed by atoms with Crippen molar-refractivity contribution in [3.05, 3.63) is 52.5 Å². The number of benzene rings is 2. The Hall–Kier alpha value is -2.74. The molecule has 2 rings (SSSR count). The lowest BCUT2D eigenvalue weighted by atomic mass is 10.2. The minimum absolute atomic E-state index is 0.108. The molecule has 0 bridgehead atoms. The van der Waals surface area contributed by atoms with Gasteiger partial charge in [0.1, 0.15) is 0 Å². The molecule has 0 fully saturated rings. The van der Waals surface area contributed by atoms with Crippen LogP contribution in [0.1, 0.15) is 16.8 Å². The predicted octanol–water partition coefficient (Wildman–Crippen LogP) is 3.01. The van der Waals surface area contributed by atoms with Crippen molar-refractivity contribution in [1.82, 2.24) is 5.32 Å². The van der Waals surface area contributed by atoms with E-state index in [1.807, 2.05) is 18.2 Å². The van der Waals surface area contributed by atoms with E-state index < -0.39 is 0 Å². The molecule has 0 unspecified atom stereocenters. The van der Waals surface area contributed by atoms with Crippen LogP contribution in [-0.2, 0) is 0 Å². The summed E-state index contributed by atoms with van der Waals surface area (Å²) in [6.07, 6.45) is 0.677. The summed E-state index contributed by atoms with van der Waals surface area (Å²) in [7, 11) is 3.15.